The van der Waals surface area contributed by atoms with Gasteiger partial charge in [-0.15, -0.1) is 4.33 Å². The average molecular weight is 509 g/mol. The first kappa shape index (κ1) is 25.0. The summed E-state index contributed by atoms with van der Waals surface area (Å²) >= 11 is 0.949. The van der Waals surface area contributed by atoms with Gasteiger partial charge in [0.15, 0.2) is 0 Å². The third kappa shape index (κ3) is 5.30. The Balaban J connectivity index is 2.03. The fourth-order valence-electron chi connectivity index (χ4n) is 3.96. The first-order valence-corrected chi connectivity index (χ1v) is 12.8. The van der Waals surface area contributed by atoms with Crippen molar-refractivity contribution in [2.24, 2.45) is 0 Å². The summed E-state index contributed by atoms with van der Waals surface area (Å²) in [6.45, 7) is 0. The zero-order valence-electron chi connectivity index (χ0n) is 19.5. The molecule has 0 amide bonds. The summed E-state index contributed by atoms with van der Waals surface area (Å²) in [6, 6.07) is 29.8. The van der Waals surface area contributed by atoms with Gasteiger partial charge in [0.25, 0.3) is 0 Å². The van der Waals surface area contributed by atoms with E-state index in [-0.39, 0.29) is 0 Å². The van der Waals surface area contributed by atoms with Gasteiger partial charge in [-0.3, -0.25) is 0 Å². The lowest BCUT2D eigenvalue weighted by Gasteiger charge is -2.26. The van der Waals surface area contributed by atoms with Gasteiger partial charge in [0.1, 0.15) is 17.2 Å². The zero-order valence-corrected chi connectivity index (χ0v) is 21.2. The topological polar surface area (TPSA) is 66.4 Å². The van der Waals surface area contributed by atoms with E-state index in [4.69, 9.17) is 23.8 Å². The van der Waals surface area contributed by atoms with Crippen LogP contribution in [0.4, 0.5) is 0 Å². The van der Waals surface area contributed by atoms with Crippen LogP contribution in [0.15, 0.2) is 95.9 Å². The molecule has 0 aliphatic rings. The van der Waals surface area contributed by atoms with Gasteiger partial charge in [-0.05, 0) is 43.1 Å². The highest BCUT2D eigenvalue weighted by Gasteiger charge is 2.27. The van der Waals surface area contributed by atoms with Crippen molar-refractivity contribution in [3.8, 4) is 28.4 Å². The second-order valence-corrected chi connectivity index (χ2v) is 10.1. The molecule has 180 valence electrons. The molecule has 35 heavy (non-hydrogen) atoms. The van der Waals surface area contributed by atoms with Gasteiger partial charge in [-0.25, -0.2) is 5.26 Å². The van der Waals surface area contributed by atoms with Crippen LogP contribution < -0.4 is 30.1 Å². The summed E-state index contributed by atoms with van der Waals surface area (Å²) in [4.78, 5) is 0.806. The number of hydrogen-bond donors (Lipinski definition) is 1. The lowest BCUT2D eigenvalue weighted by atomic mass is 10.0. The van der Waals surface area contributed by atoms with E-state index in [1.807, 2.05) is 66.7 Å². The van der Waals surface area contributed by atoms with Gasteiger partial charge < -0.3 is 14.2 Å². The van der Waals surface area contributed by atoms with Gasteiger partial charge >= 0.3 is 0 Å². The minimum absolute atomic E-state index is 0.714. The number of benzene rings is 4. The summed E-state index contributed by atoms with van der Waals surface area (Å²) in [5.41, 5.74) is 1.86. The Bertz CT molecular complexity index is 1260. The van der Waals surface area contributed by atoms with Crippen LogP contribution >= 0.6 is 20.0 Å². The van der Waals surface area contributed by atoms with Crippen LogP contribution in [0.1, 0.15) is 0 Å². The molecule has 0 aliphatic heterocycles. The van der Waals surface area contributed by atoms with Crippen LogP contribution in [0, 0.1) is 0 Å². The van der Waals surface area contributed by atoms with Crippen LogP contribution in [0.25, 0.3) is 11.1 Å². The van der Waals surface area contributed by atoms with Crippen LogP contribution in [0.5, 0.6) is 17.2 Å². The molecular formula is C27H25O6PS. The summed E-state index contributed by atoms with van der Waals surface area (Å²) in [7, 11) is 3.82. The SMILES string of the molecule is COc1ccccc1P(c1ccccc1SOOO)c1ccccc1-c1c(OC)cccc1OC. The van der Waals surface area contributed by atoms with Crippen molar-refractivity contribution in [3.05, 3.63) is 91.0 Å². The highest BCUT2D eigenvalue weighted by molar-refractivity contribution is 7.95. The predicted molar refractivity (Wildman–Crippen MR) is 141 cm³/mol. The minimum atomic E-state index is -1.16. The van der Waals surface area contributed by atoms with Crippen molar-refractivity contribution in [2.75, 3.05) is 21.3 Å². The predicted octanol–water partition coefficient (Wildman–Crippen LogP) is 5.57. The Hall–Kier alpha value is -3.06. The first-order chi connectivity index (χ1) is 17.2. The van der Waals surface area contributed by atoms with Crippen LogP contribution in [-0.2, 0) is 9.37 Å². The molecule has 0 bridgehead atoms. The largest absolute Gasteiger partial charge is 0.496 e. The Labute approximate surface area is 210 Å². The third-order valence-electron chi connectivity index (χ3n) is 5.43. The van der Waals surface area contributed by atoms with E-state index in [0.29, 0.717) is 11.5 Å². The van der Waals surface area contributed by atoms with Crippen molar-refractivity contribution in [3.63, 3.8) is 0 Å². The standard InChI is InChI=1S/C27H25O6PS/c1-29-20-12-5-7-16-24(20)34(25-17-8-9-18-26(25)35-33-32-28)23-15-6-4-11-19(23)27-21(30-2)13-10-14-22(27)31-3/h4-18,28H,1-3H3. The molecule has 1 unspecified atom stereocenters. The van der Waals surface area contributed by atoms with Gasteiger partial charge in [-0.2, -0.15) is 0 Å². The number of methoxy groups -OCH3 is 3. The van der Waals surface area contributed by atoms with Crippen LogP contribution in [-0.4, -0.2) is 26.6 Å². The molecule has 4 rings (SSSR count). The molecule has 0 radical (unpaired) electrons. The molecule has 0 heterocycles. The maximum absolute atomic E-state index is 8.80. The maximum atomic E-state index is 8.80. The molecule has 0 spiro atoms. The van der Waals surface area contributed by atoms with E-state index in [9.17, 15) is 0 Å². The van der Waals surface area contributed by atoms with Crippen molar-refractivity contribution in [2.45, 2.75) is 4.90 Å². The quantitative estimate of drug-likeness (QED) is 0.130. The molecular weight excluding hydrogens is 483 g/mol. The lowest BCUT2D eigenvalue weighted by Crippen LogP contribution is -2.24. The molecule has 1 N–H and O–H groups in total. The normalized spacial score (nSPS) is 11.7. The Morgan fingerprint density at radius 1 is 0.600 bits per heavy atom. The monoisotopic (exact) mass is 508 g/mol. The fraction of sp³-hybridized carbons (Fsp3) is 0.111. The molecule has 0 fully saturated rings. The van der Waals surface area contributed by atoms with Crippen molar-refractivity contribution in [1.82, 2.24) is 0 Å². The van der Waals surface area contributed by atoms with Crippen LogP contribution in [0.3, 0.4) is 0 Å². The van der Waals surface area contributed by atoms with E-state index in [0.717, 1.165) is 49.7 Å². The second-order valence-electron chi connectivity index (χ2n) is 7.26. The molecule has 8 heteroatoms. The lowest BCUT2D eigenvalue weighted by molar-refractivity contribution is -0.432. The number of hydrogen-bond acceptors (Lipinski definition) is 7. The van der Waals surface area contributed by atoms with Gasteiger partial charge in [0.05, 0.1) is 38.9 Å². The van der Waals surface area contributed by atoms with E-state index in [1.54, 1.807) is 21.3 Å². The molecule has 0 saturated carbocycles. The van der Waals surface area contributed by atoms with Crippen molar-refractivity contribution >= 4 is 35.9 Å². The van der Waals surface area contributed by atoms with Crippen LogP contribution in [0.2, 0.25) is 0 Å². The molecule has 0 aromatic heterocycles. The summed E-state index contributed by atoms with van der Waals surface area (Å²) < 4.78 is 22.1. The zero-order chi connectivity index (χ0) is 24.6. The number of rotatable bonds is 10. The second kappa shape index (κ2) is 12.1. The fourth-order valence-corrected chi connectivity index (χ4v) is 7.33. The van der Waals surface area contributed by atoms with Crippen molar-refractivity contribution < 1.29 is 28.8 Å². The van der Waals surface area contributed by atoms with Gasteiger partial charge in [-0.1, -0.05) is 71.8 Å². The Morgan fingerprint density at radius 2 is 1.14 bits per heavy atom. The highest BCUT2D eigenvalue weighted by Crippen LogP contribution is 2.45. The third-order valence-corrected chi connectivity index (χ3v) is 8.84. The Morgan fingerprint density at radius 3 is 1.80 bits per heavy atom. The van der Waals surface area contributed by atoms with E-state index < -0.39 is 7.92 Å². The Kier molecular flexibility index (Phi) is 8.64. The van der Waals surface area contributed by atoms with Crippen molar-refractivity contribution in [1.29, 1.82) is 0 Å². The minimum Gasteiger partial charge on any atom is -0.496 e. The molecule has 6 nitrogen and oxygen atoms in total. The summed E-state index contributed by atoms with van der Waals surface area (Å²) in [6.07, 6.45) is 0. The molecule has 4 aromatic carbocycles. The average Bonchev–Trinajstić information content (AvgIpc) is 2.92. The van der Waals surface area contributed by atoms with Gasteiger partial charge in [0.2, 0.25) is 0 Å². The number of ether oxygens (including phenoxy) is 3. The van der Waals surface area contributed by atoms with Gasteiger partial charge in [0, 0.05) is 15.5 Å². The summed E-state index contributed by atoms with van der Waals surface area (Å²) in [5.74, 6) is 2.21. The number of para-hydroxylation sites is 1. The first-order valence-electron chi connectivity index (χ1n) is 10.7. The van der Waals surface area contributed by atoms with E-state index in [2.05, 4.69) is 29.3 Å². The smallest absolute Gasteiger partial charge is 0.130 e. The highest BCUT2D eigenvalue weighted by atomic mass is 32.2. The van der Waals surface area contributed by atoms with E-state index in [1.165, 1.54) is 0 Å². The molecule has 0 saturated heterocycles. The molecule has 1 atom stereocenters. The molecule has 4 aromatic rings. The molecule has 0 aliphatic carbocycles. The summed E-state index contributed by atoms with van der Waals surface area (Å²) in [5, 5.41) is 15.8. The van der Waals surface area contributed by atoms with E-state index >= 15 is 0 Å². The maximum Gasteiger partial charge on any atom is 0.130 e.